The number of aromatic nitrogens is 2. The molecular weight excluding hydrogens is 492 g/mol. The number of carbonyl (C=O) groups excluding carboxylic acids is 1. The van der Waals surface area contributed by atoms with Gasteiger partial charge in [0.05, 0.1) is 25.7 Å². The van der Waals surface area contributed by atoms with Crippen molar-refractivity contribution in [3.8, 4) is 0 Å². The first-order valence-corrected chi connectivity index (χ1v) is 13.7. The molecule has 1 atom stereocenters. The van der Waals surface area contributed by atoms with Gasteiger partial charge in [0.15, 0.2) is 0 Å². The van der Waals surface area contributed by atoms with Gasteiger partial charge in [-0.15, -0.1) is 0 Å². The molecule has 3 aliphatic rings. The molecule has 0 radical (unpaired) electrons. The number of nitrogens with zero attached hydrogens (tertiary/aromatic N) is 6. The maximum atomic E-state index is 13.8. The average molecular weight is 529 g/mol. The van der Waals surface area contributed by atoms with Crippen LogP contribution in [0.15, 0.2) is 48.7 Å². The molecule has 10 heteroatoms. The summed E-state index contributed by atoms with van der Waals surface area (Å²) in [7, 11) is 2.16. The summed E-state index contributed by atoms with van der Waals surface area (Å²) in [6, 6.07) is 14.3. The molecule has 3 N–H and O–H groups in total. The zero-order chi connectivity index (χ0) is 26.9. The van der Waals surface area contributed by atoms with E-state index in [4.69, 9.17) is 4.98 Å². The van der Waals surface area contributed by atoms with E-state index in [0.29, 0.717) is 18.3 Å². The summed E-state index contributed by atoms with van der Waals surface area (Å²) >= 11 is 0. The second-order valence-electron chi connectivity index (χ2n) is 10.6. The van der Waals surface area contributed by atoms with Crippen molar-refractivity contribution < 1.29 is 9.90 Å². The molecule has 39 heavy (non-hydrogen) atoms. The van der Waals surface area contributed by atoms with Gasteiger partial charge >= 0.3 is 6.03 Å². The quantitative estimate of drug-likeness (QED) is 0.447. The molecule has 10 nitrogen and oxygen atoms in total. The van der Waals surface area contributed by atoms with Crippen LogP contribution in [-0.4, -0.2) is 83.8 Å². The van der Waals surface area contributed by atoms with Gasteiger partial charge in [-0.25, -0.2) is 9.78 Å². The van der Waals surface area contributed by atoms with Gasteiger partial charge in [-0.2, -0.15) is 4.98 Å². The number of hydrogen-bond donors (Lipinski definition) is 3. The predicted molar refractivity (Wildman–Crippen MR) is 154 cm³/mol. The van der Waals surface area contributed by atoms with Crippen LogP contribution in [0.25, 0.3) is 0 Å². The minimum Gasteiger partial charge on any atom is -0.395 e. The highest BCUT2D eigenvalue weighted by Gasteiger charge is 2.38. The highest BCUT2D eigenvalue weighted by atomic mass is 16.3. The number of carbonyl (C=O) groups is 1. The number of rotatable bonds is 6. The Morgan fingerprint density at radius 1 is 1.10 bits per heavy atom. The molecule has 1 saturated heterocycles. The monoisotopic (exact) mass is 528 g/mol. The number of anilines is 5. The number of aliphatic hydroxyl groups excluding tert-OH is 1. The van der Waals surface area contributed by atoms with Gasteiger partial charge in [-0.1, -0.05) is 18.2 Å². The first-order chi connectivity index (χ1) is 19.0. The summed E-state index contributed by atoms with van der Waals surface area (Å²) < 4.78 is 0. The van der Waals surface area contributed by atoms with E-state index in [1.807, 2.05) is 23.1 Å². The summed E-state index contributed by atoms with van der Waals surface area (Å²) in [4.78, 5) is 31.3. The lowest BCUT2D eigenvalue weighted by Crippen LogP contribution is -2.50. The Balaban J connectivity index is 1.23. The lowest BCUT2D eigenvalue weighted by molar-refractivity contribution is 0.166. The molecule has 0 bridgehead atoms. The summed E-state index contributed by atoms with van der Waals surface area (Å²) in [5.74, 6) is 0.975. The highest BCUT2D eigenvalue weighted by molar-refractivity contribution is 5.94. The van der Waals surface area contributed by atoms with Crippen LogP contribution in [0.1, 0.15) is 29.2 Å². The predicted octanol–water partition coefficient (Wildman–Crippen LogP) is 3.57. The third-order valence-electron chi connectivity index (χ3n) is 7.99. The number of β-amino-alcohol motifs (C(OH)–C–C–N with tert-alkyl or cyclic N) is 1. The largest absolute Gasteiger partial charge is 0.395 e. The van der Waals surface area contributed by atoms with Crippen molar-refractivity contribution in [1.82, 2.24) is 19.8 Å². The van der Waals surface area contributed by atoms with Crippen molar-refractivity contribution in [2.75, 3.05) is 73.4 Å². The number of para-hydroxylation sites is 1. The Labute approximate surface area is 229 Å². The molecule has 6 rings (SSSR count). The number of fused-ring (bicyclic) bond motifs is 2. The fraction of sp³-hybridized carbons (Fsp3) is 0.414. The first kappa shape index (κ1) is 25.4. The van der Waals surface area contributed by atoms with Gasteiger partial charge in [0, 0.05) is 61.5 Å². The molecule has 0 aliphatic carbocycles. The summed E-state index contributed by atoms with van der Waals surface area (Å²) in [5.41, 5.74) is 6.36. The summed E-state index contributed by atoms with van der Waals surface area (Å²) in [6.07, 6.45) is 2.61. The van der Waals surface area contributed by atoms with Crippen LogP contribution in [0.2, 0.25) is 0 Å². The molecule has 0 saturated carbocycles. The number of urea groups is 1. The molecule has 3 aromatic rings. The van der Waals surface area contributed by atoms with Crippen molar-refractivity contribution in [2.45, 2.75) is 25.9 Å². The van der Waals surface area contributed by atoms with Gasteiger partial charge in [0.2, 0.25) is 5.95 Å². The van der Waals surface area contributed by atoms with Crippen molar-refractivity contribution in [3.05, 3.63) is 65.4 Å². The van der Waals surface area contributed by atoms with Crippen molar-refractivity contribution in [2.24, 2.45) is 0 Å². The number of nitrogens with one attached hydrogen (secondary N) is 2. The SMILES string of the molecule is Cc1cccc2c1NCC[C@@H]2N1Cc2cnc(Nc3ccc(N4CCN(C)CC4)cc3)nc2N(CCO)C1=O. The van der Waals surface area contributed by atoms with E-state index in [2.05, 4.69) is 63.7 Å². The van der Waals surface area contributed by atoms with Crippen LogP contribution in [-0.2, 0) is 6.54 Å². The Kier molecular flexibility index (Phi) is 6.97. The molecule has 1 aromatic heterocycles. The number of benzene rings is 2. The fourth-order valence-electron chi connectivity index (χ4n) is 5.82. The standard InChI is InChI=1S/C29H36N8O2/c1-20-4-3-5-24-25(10-11-30-26(20)24)37-19-21-18-31-28(33-27(21)36(16-17-38)29(37)39)32-22-6-8-23(9-7-22)35-14-12-34(2)13-15-35/h3-9,18,25,30,38H,10-17,19H2,1-2H3,(H,31,32,33)/t25-/m0/s1. The molecule has 2 amide bonds. The van der Waals surface area contributed by atoms with Crippen molar-refractivity contribution in [1.29, 1.82) is 0 Å². The summed E-state index contributed by atoms with van der Waals surface area (Å²) in [5, 5.41) is 16.6. The minimum absolute atomic E-state index is 0.0559. The van der Waals surface area contributed by atoms with Crippen molar-refractivity contribution in [3.63, 3.8) is 0 Å². The third kappa shape index (κ3) is 4.97. The van der Waals surface area contributed by atoms with Gasteiger partial charge in [0.1, 0.15) is 5.82 Å². The van der Waals surface area contributed by atoms with Crippen LogP contribution in [0.3, 0.4) is 0 Å². The molecule has 2 aromatic carbocycles. The Morgan fingerprint density at radius 3 is 2.67 bits per heavy atom. The van der Waals surface area contributed by atoms with E-state index >= 15 is 0 Å². The van der Waals surface area contributed by atoms with Crippen LogP contribution in [0, 0.1) is 6.92 Å². The molecule has 0 spiro atoms. The Morgan fingerprint density at radius 2 is 1.90 bits per heavy atom. The van der Waals surface area contributed by atoms with Gasteiger partial charge in [-0.3, -0.25) is 4.90 Å². The van der Waals surface area contributed by atoms with E-state index in [-0.39, 0.29) is 25.2 Å². The number of aryl methyl sites for hydroxylation is 1. The van der Waals surface area contributed by atoms with E-state index < -0.39 is 0 Å². The fourth-order valence-corrected chi connectivity index (χ4v) is 5.82. The first-order valence-electron chi connectivity index (χ1n) is 13.7. The highest BCUT2D eigenvalue weighted by Crippen LogP contribution is 2.40. The van der Waals surface area contributed by atoms with Crippen LogP contribution < -0.4 is 20.4 Å². The molecule has 0 unspecified atom stereocenters. The van der Waals surface area contributed by atoms with E-state index in [0.717, 1.165) is 61.6 Å². The van der Waals surface area contributed by atoms with Gasteiger partial charge in [-0.05, 0) is 55.8 Å². The average Bonchev–Trinajstić information content (AvgIpc) is 2.96. The summed E-state index contributed by atoms with van der Waals surface area (Å²) in [6.45, 7) is 7.49. The van der Waals surface area contributed by atoms with E-state index in [1.54, 1.807) is 11.1 Å². The Bertz CT molecular complexity index is 1340. The third-order valence-corrected chi connectivity index (χ3v) is 7.99. The number of likely N-dealkylation sites (N-methyl/N-ethyl adjacent to an activating group) is 1. The normalized spacial score (nSPS) is 19.4. The van der Waals surface area contributed by atoms with Crippen LogP contribution >= 0.6 is 0 Å². The molecule has 3 aliphatic heterocycles. The zero-order valence-electron chi connectivity index (χ0n) is 22.6. The second-order valence-corrected chi connectivity index (χ2v) is 10.6. The van der Waals surface area contributed by atoms with Crippen LogP contribution in [0.4, 0.5) is 33.6 Å². The zero-order valence-corrected chi connectivity index (χ0v) is 22.6. The van der Waals surface area contributed by atoms with E-state index in [1.165, 1.54) is 11.3 Å². The van der Waals surface area contributed by atoms with Crippen molar-refractivity contribution >= 4 is 34.9 Å². The smallest absolute Gasteiger partial charge is 0.326 e. The molecule has 1 fully saturated rings. The topological polar surface area (TPSA) is 100 Å². The van der Waals surface area contributed by atoms with Crippen LogP contribution in [0.5, 0.6) is 0 Å². The second kappa shape index (κ2) is 10.7. The number of aliphatic hydroxyl groups is 1. The van der Waals surface area contributed by atoms with Gasteiger partial charge < -0.3 is 30.4 Å². The maximum Gasteiger partial charge on any atom is 0.326 e. The molecule has 204 valence electrons. The Hall–Kier alpha value is -3.89. The van der Waals surface area contributed by atoms with Gasteiger partial charge in [0.25, 0.3) is 0 Å². The lowest BCUT2D eigenvalue weighted by atomic mass is 9.93. The minimum atomic E-state index is -0.151. The molecule has 4 heterocycles. The number of amides is 2. The van der Waals surface area contributed by atoms with E-state index in [9.17, 15) is 9.90 Å². The molecular formula is C29H36N8O2. The lowest BCUT2D eigenvalue weighted by Gasteiger charge is -2.42. The maximum absolute atomic E-state index is 13.8. The number of hydrogen-bond acceptors (Lipinski definition) is 8. The number of piperazine rings is 1.